The van der Waals surface area contributed by atoms with Gasteiger partial charge in [0.05, 0.1) is 10.5 Å². The summed E-state index contributed by atoms with van der Waals surface area (Å²) in [5, 5.41) is 2.75. The molecule has 0 heterocycles. The highest BCUT2D eigenvalue weighted by Gasteiger charge is 2.30. The number of carbonyl (C=O) groups excluding carboxylic acids is 1. The van der Waals surface area contributed by atoms with Crippen LogP contribution in [0.3, 0.4) is 0 Å². The number of halogens is 3. The minimum absolute atomic E-state index is 0.153. The Morgan fingerprint density at radius 2 is 1.79 bits per heavy atom. The number of ether oxygens (including phenoxy) is 1. The molecule has 0 bridgehead atoms. The third-order valence-electron chi connectivity index (χ3n) is 3.89. The van der Waals surface area contributed by atoms with Crippen LogP contribution in [0.25, 0.3) is 0 Å². The third-order valence-corrected chi connectivity index (χ3v) is 5.29. The van der Waals surface area contributed by atoms with Crippen LogP contribution in [-0.2, 0) is 21.0 Å². The van der Waals surface area contributed by atoms with Gasteiger partial charge in [0.2, 0.25) is 0 Å². The molecule has 0 aromatic heterocycles. The Hall–Kier alpha value is -2.75. The van der Waals surface area contributed by atoms with Crippen molar-refractivity contribution in [2.45, 2.75) is 30.0 Å². The number of anilines is 1. The van der Waals surface area contributed by atoms with Crippen molar-refractivity contribution in [1.29, 1.82) is 0 Å². The van der Waals surface area contributed by atoms with Crippen LogP contribution in [0.1, 0.15) is 18.4 Å². The Morgan fingerprint density at radius 3 is 2.39 bits per heavy atom. The molecule has 0 spiro atoms. The normalized spacial score (nSPS) is 14.4. The SMILES string of the molecule is O=C(COc1ccc(S(=O)(=O)Nc2cccc(C(F)(F)F)c2)cc1)NC1CC1. The molecule has 2 aromatic rings. The highest BCUT2D eigenvalue weighted by Crippen LogP contribution is 2.31. The molecule has 3 rings (SSSR count). The summed E-state index contributed by atoms with van der Waals surface area (Å²) in [5.41, 5.74) is -1.16. The number of rotatable bonds is 7. The molecule has 2 aromatic carbocycles. The van der Waals surface area contributed by atoms with Crippen molar-refractivity contribution in [3.05, 3.63) is 54.1 Å². The molecule has 150 valence electrons. The molecule has 1 aliphatic rings. The van der Waals surface area contributed by atoms with Crippen molar-refractivity contribution in [3.8, 4) is 5.75 Å². The van der Waals surface area contributed by atoms with Crippen molar-refractivity contribution in [1.82, 2.24) is 5.32 Å². The number of nitrogens with one attached hydrogen (secondary N) is 2. The van der Waals surface area contributed by atoms with E-state index in [1.54, 1.807) is 0 Å². The summed E-state index contributed by atoms with van der Waals surface area (Å²) in [5.74, 6) is 0.0365. The highest BCUT2D eigenvalue weighted by atomic mass is 32.2. The molecule has 1 saturated carbocycles. The first-order valence-corrected chi connectivity index (χ1v) is 9.84. The lowest BCUT2D eigenvalue weighted by atomic mass is 10.2. The predicted molar refractivity (Wildman–Crippen MR) is 95.4 cm³/mol. The second-order valence-electron chi connectivity index (χ2n) is 6.29. The van der Waals surface area contributed by atoms with Gasteiger partial charge >= 0.3 is 6.18 Å². The summed E-state index contributed by atoms with van der Waals surface area (Å²) in [4.78, 5) is 11.4. The number of hydrogen-bond donors (Lipinski definition) is 2. The fraction of sp³-hybridized carbons (Fsp3) is 0.278. The molecule has 28 heavy (non-hydrogen) atoms. The van der Waals surface area contributed by atoms with Gasteiger partial charge in [-0.3, -0.25) is 9.52 Å². The first kappa shape index (κ1) is 20.0. The number of amides is 1. The Balaban J connectivity index is 1.64. The van der Waals surface area contributed by atoms with E-state index in [1.165, 1.54) is 30.3 Å². The van der Waals surface area contributed by atoms with Crippen LogP contribution in [0.4, 0.5) is 18.9 Å². The molecule has 0 aliphatic heterocycles. The van der Waals surface area contributed by atoms with Crippen molar-refractivity contribution < 1.29 is 31.1 Å². The van der Waals surface area contributed by atoms with Gasteiger partial charge in [0.25, 0.3) is 15.9 Å². The van der Waals surface area contributed by atoms with Crippen LogP contribution in [0.2, 0.25) is 0 Å². The van der Waals surface area contributed by atoms with E-state index in [4.69, 9.17) is 4.74 Å². The third kappa shape index (κ3) is 5.38. The van der Waals surface area contributed by atoms with Gasteiger partial charge in [-0.05, 0) is 55.3 Å². The smallest absolute Gasteiger partial charge is 0.416 e. The summed E-state index contributed by atoms with van der Waals surface area (Å²) in [6.07, 6.45) is -2.67. The van der Waals surface area contributed by atoms with Crippen molar-refractivity contribution >= 4 is 21.6 Å². The van der Waals surface area contributed by atoms with Gasteiger partial charge < -0.3 is 10.1 Å². The standard InChI is InChI=1S/C18H17F3N2O4S/c19-18(20,21)12-2-1-3-14(10-12)23-28(25,26)16-8-6-15(7-9-16)27-11-17(24)22-13-4-5-13/h1-3,6-10,13,23H,4-5,11H2,(H,22,24). The zero-order valence-electron chi connectivity index (χ0n) is 14.5. The Morgan fingerprint density at radius 1 is 1.11 bits per heavy atom. The fourth-order valence-electron chi connectivity index (χ4n) is 2.33. The summed E-state index contributed by atoms with van der Waals surface area (Å²) in [7, 11) is -4.08. The van der Waals surface area contributed by atoms with Crippen molar-refractivity contribution in [2.75, 3.05) is 11.3 Å². The van der Waals surface area contributed by atoms with E-state index >= 15 is 0 Å². The number of carbonyl (C=O) groups is 1. The lowest BCUT2D eigenvalue weighted by Gasteiger charge is -2.12. The van der Waals surface area contributed by atoms with Crippen LogP contribution < -0.4 is 14.8 Å². The van der Waals surface area contributed by atoms with E-state index in [-0.39, 0.29) is 29.1 Å². The Kier molecular flexibility index (Phi) is 5.50. The average molecular weight is 414 g/mol. The van der Waals surface area contributed by atoms with Gasteiger partial charge in [-0.2, -0.15) is 13.2 Å². The van der Waals surface area contributed by atoms with Crippen molar-refractivity contribution in [2.24, 2.45) is 0 Å². The predicted octanol–water partition coefficient (Wildman–Crippen LogP) is 3.16. The van der Waals surface area contributed by atoms with Crippen LogP contribution in [0.15, 0.2) is 53.4 Å². The maximum absolute atomic E-state index is 12.8. The average Bonchev–Trinajstić information content (AvgIpc) is 3.43. The van der Waals surface area contributed by atoms with Crippen LogP contribution in [0.5, 0.6) is 5.75 Å². The summed E-state index contributed by atoms with van der Waals surface area (Å²) >= 11 is 0. The Bertz CT molecular complexity index is 956. The van der Waals surface area contributed by atoms with Crippen LogP contribution in [0, 0.1) is 0 Å². The molecule has 1 fully saturated rings. The minimum Gasteiger partial charge on any atom is -0.484 e. The van der Waals surface area contributed by atoms with Gasteiger partial charge in [-0.25, -0.2) is 8.42 Å². The van der Waals surface area contributed by atoms with E-state index in [0.29, 0.717) is 11.8 Å². The van der Waals surface area contributed by atoms with E-state index < -0.39 is 21.8 Å². The number of sulfonamides is 1. The van der Waals surface area contributed by atoms with E-state index in [9.17, 15) is 26.4 Å². The number of hydrogen-bond acceptors (Lipinski definition) is 4. The molecule has 1 amide bonds. The lowest BCUT2D eigenvalue weighted by Crippen LogP contribution is -2.30. The summed E-state index contributed by atoms with van der Waals surface area (Å²) < 4.78 is 70.4. The lowest BCUT2D eigenvalue weighted by molar-refractivity contribution is -0.137. The highest BCUT2D eigenvalue weighted by molar-refractivity contribution is 7.92. The van der Waals surface area contributed by atoms with Gasteiger partial charge in [0.15, 0.2) is 6.61 Å². The topological polar surface area (TPSA) is 84.5 Å². The van der Waals surface area contributed by atoms with Gasteiger partial charge in [0.1, 0.15) is 5.75 Å². The first-order chi connectivity index (χ1) is 13.1. The molecule has 6 nitrogen and oxygen atoms in total. The first-order valence-electron chi connectivity index (χ1n) is 8.36. The zero-order valence-corrected chi connectivity index (χ0v) is 15.3. The van der Waals surface area contributed by atoms with Gasteiger partial charge in [0, 0.05) is 11.7 Å². The fourth-order valence-corrected chi connectivity index (χ4v) is 3.38. The minimum atomic E-state index is -4.58. The molecule has 0 unspecified atom stereocenters. The molecular weight excluding hydrogens is 397 g/mol. The molecule has 2 N–H and O–H groups in total. The Labute approximate surface area is 159 Å². The quantitative estimate of drug-likeness (QED) is 0.729. The number of alkyl halides is 3. The number of benzene rings is 2. The van der Waals surface area contributed by atoms with Gasteiger partial charge in [-0.15, -0.1) is 0 Å². The summed E-state index contributed by atoms with van der Waals surface area (Å²) in [6, 6.07) is 9.33. The molecular formula is C18H17F3N2O4S. The monoisotopic (exact) mass is 414 g/mol. The van der Waals surface area contributed by atoms with E-state index in [1.807, 2.05) is 0 Å². The van der Waals surface area contributed by atoms with Crippen LogP contribution >= 0.6 is 0 Å². The molecule has 1 aliphatic carbocycles. The van der Waals surface area contributed by atoms with Crippen LogP contribution in [-0.4, -0.2) is 27.0 Å². The zero-order chi connectivity index (χ0) is 20.4. The molecule has 0 radical (unpaired) electrons. The maximum Gasteiger partial charge on any atom is 0.416 e. The second kappa shape index (κ2) is 7.70. The maximum atomic E-state index is 12.8. The largest absolute Gasteiger partial charge is 0.484 e. The summed E-state index contributed by atoms with van der Waals surface area (Å²) in [6.45, 7) is -0.189. The molecule has 0 saturated heterocycles. The van der Waals surface area contributed by atoms with Crippen molar-refractivity contribution in [3.63, 3.8) is 0 Å². The molecule has 10 heteroatoms. The van der Waals surface area contributed by atoms with E-state index in [2.05, 4.69) is 10.0 Å². The van der Waals surface area contributed by atoms with E-state index in [0.717, 1.165) is 25.0 Å². The van der Waals surface area contributed by atoms with Gasteiger partial charge in [-0.1, -0.05) is 6.07 Å². The second-order valence-corrected chi connectivity index (χ2v) is 7.97. The molecule has 0 atom stereocenters.